The number of fused-ring (bicyclic) bond motifs is 1. The van der Waals surface area contributed by atoms with E-state index in [1.165, 1.54) is 11.8 Å². The third kappa shape index (κ3) is 3.80. The Morgan fingerprint density at radius 1 is 1.12 bits per heavy atom. The van der Waals surface area contributed by atoms with E-state index in [2.05, 4.69) is 0 Å². The second-order valence-electron chi connectivity index (χ2n) is 6.01. The Balaban J connectivity index is 2.36. The Morgan fingerprint density at radius 2 is 1.79 bits per heavy atom. The van der Waals surface area contributed by atoms with Crippen molar-refractivity contribution in [2.45, 2.75) is 38.8 Å². The molecule has 5 nitrogen and oxygen atoms in total. The topological polar surface area (TPSA) is 89.4 Å². The third-order valence-electron chi connectivity index (χ3n) is 4.27. The molecule has 2 rings (SSSR count). The molecular formula is C19H25N3O2. The van der Waals surface area contributed by atoms with Gasteiger partial charge in [0, 0.05) is 6.92 Å². The Bertz CT molecular complexity index is 724. The standard InChI is InChI=1S/C19H25N3O2/c1-13(16-10-5-8-15-7-3-4-9-17(15)16)22(14(2)23)19(24)18(21)11-6-12-20/h3-5,7-10,13,18H,6,11-12,20-21H2,1-2H3. The number of nitrogens with two attached hydrogens (primary N) is 2. The van der Waals surface area contributed by atoms with Crippen LogP contribution < -0.4 is 11.5 Å². The first kappa shape index (κ1) is 18.1. The van der Waals surface area contributed by atoms with Crippen LogP contribution in [0.15, 0.2) is 42.5 Å². The minimum atomic E-state index is -0.713. The van der Waals surface area contributed by atoms with Gasteiger partial charge in [0.15, 0.2) is 0 Å². The van der Waals surface area contributed by atoms with E-state index >= 15 is 0 Å². The van der Waals surface area contributed by atoms with Crippen LogP contribution >= 0.6 is 0 Å². The molecule has 0 aliphatic rings. The van der Waals surface area contributed by atoms with Gasteiger partial charge < -0.3 is 11.5 Å². The van der Waals surface area contributed by atoms with Crippen LogP contribution in [0.2, 0.25) is 0 Å². The monoisotopic (exact) mass is 327 g/mol. The van der Waals surface area contributed by atoms with E-state index in [4.69, 9.17) is 11.5 Å². The minimum absolute atomic E-state index is 0.302. The summed E-state index contributed by atoms with van der Waals surface area (Å²) in [6, 6.07) is 12.7. The summed E-state index contributed by atoms with van der Waals surface area (Å²) in [4.78, 5) is 26.1. The highest BCUT2D eigenvalue weighted by Crippen LogP contribution is 2.28. The maximum atomic E-state index is 12.7. The van der Waals surface area contributed by atoms with E-state index in [1.807, 2.05) is 49.4 Å². The minimum Gasteiger partial charge on any atom is -0.330 e. The molecule has 0 heterocycles. The lowest BCUT2D eigenvalue weighted by Gasteiger charge is -2.29. The van der Waals surface area contributed by atoms with Gasteiger partial charge in [-0.15, -0.1) is 0 Å². The Hall–Kier alpha value is -2.24. The fraction of sp³-hybridized carbons (Fsp3) is 0.368. The first-order valence-corrected chi connectivity index (χ1v) is 8.24. The molecule has 0 spiro atoms. The number of nitrogens with zero attached hydrogens (tertiary/aromatic N) is 1. The lowest BCUT2D eigenvalue weighted by molar-refractivity contribution is -0.147. The number of hydrogen-bond donors (Lipinski definition) is 2. The van der Waals surface area contributed by atoms with Crippen molar-refractivity contribution < 1.29 is 9.59 Å². The molecular weight excluding hydrogens is 302 g/mol. The first-order chi connectivity index (χ1) is 11.5. The van der Waals surface area contributed by atoms with Gasteiger partial charge in [-0.1, -0.05) is 42.5 Å². The predicted octanol–water partition coefficient (Wildman–Crippen LogP) is 2.34. The lowest BCUT2D eigenvalue weighted by Crippen LogP contribution is -2.47. The molecule has 2 amide bonds. The zero-order chi connectivity index (χ0) is 17.7. The molecule has 2 atom stereocenters. The average molecular weight is 327 g/mol. The van der Waals surface area contributed by atoms with Crippen molar-refractivity contribution >= 4 is 22.6 Å². The molecule has 5 heteroatoms. The van der Waals surface area contributed by atoms with E-state index in [9.17, 15) is 9.59 Å². The molecule has 2 aromatic carbocycles. The average Bonchev–Trinajstić information content (AvgIpc) is 2.58. The van der Waals surface area contributed by atoms with E-state index in [1.54, 1.807) is 0 Å². The highest BCUT2D eigenvalue weighted by molar-refractivity contribution is 5.98. The number of hydrogen-bond acceptors (Lipinski definition) is 4. The Kier molecular flexibility index (Phi) is 6.06. The van der Waals surface area contributed by atoms with Crippen molar-refractivity contribution in [3.8, 4) is 0 Å². The van der Waals surface area contributed by atoms with Gasteiger partial charge in [0.2, 0.25) is 11.8 Å². The molecule has 128 valence electrons. The molecule has 0 saturated heterocycles. The maximum Gasteiger partial charge on any atom is 0.246 e. The molecule has 24 heavy (non-hydrogen) atoms. The molecule has 0 radical (unpaired) electrons. The molecule has 0 aliphatic carbocycles. The predicted molar refractivity (Wildman–Crippen MR) is 96.2 cm³/mol. The fourth-order valence-corrected chi connectivity index (χ4v) is 3.01. The zero-order valence-corrected chi connectivity index (χ0v) is 14.2. The van der Waals surface area contributed by atoms with Crippen LogP contribution in [0.1, 0.15) is 38.3 Å². The van der Waals surface area contributed by atoms with Crippen molar-refractivity contribution in [3.05, 3.63) is 48.0 Å². The molecule has 0 bridgehead atoms. The second-order valence-corrected chi connectivity index (χ2v) is 6.01. The Morgan fingerprint density at radius 3 is 2.46 bits per heavy atom. The summed E-state index contributed by atoms with van der Waals surface area (Å²) in [5.41, 5.74) is 12.4. The molecule has 0 fully saturated rings. The van der Waals surface area contributed by atoms with Crippen LogP contribution in [-0.2, 0) is 9.59 Å². The van der Waals surface area contributed by atoms with Crippen LogP contribution in [0.5, 0.6) is 0 Å². The van der Waals surface area contributed by atoms with Gasteiger partial charge in [0.1, 0.15) is 0 Å². The van der Waals surface area contributed by atoms with Crippen LogP contribution in [-0.4, -0.2) is 29.3 Å². The number of imide groups is 1. The van der Waals surface area contributed by atoms with Gasteiger partial charge in [-0.3, -0.25) is 14.5 Å². The number of carbonyl (C=O) groups excluding carboxylic acids is 2. The van der Waals surface area contributed by atoms with Gasteiger partial charge in [0.25, 0.3) is 0 Å². The van der Waals surface area contributed by atoms with Gasteiger partial charge >= 0.3 is 0 Å². The molecule has 4 N–H and O–H groups in total. The van der Waals surface area contributed by atoms with Gasteiger partial charge in [-0.05, 0) is 42.6 Å². The summed E-state index contributed by atoms with van der Waals surface area (Å²) < 4.78 is 0. The van der Waals surface area contributed by atoms with E-state index in [-0.39, 0.29) is 17.9 Å². The number of benzene rings is 2. The first-order valence-electron chi connectivity index (χ1n) is 8.24. The van der Waals surface area contributed by atoms with Crippen molar-refractivity contribution in [3.63, 3.8) is 0 Å². The highest BCUT2D eigenvalue weighted by Gasteiger charge is 2.29. The van der Waals surface area contributed by atoms with Crippen molar-refractivity contribution in [2.24, 2.45) is 11.5 Å². The maximum absolute atomic E-state index is 12.7. The lowest BCUT2D eigenvalue weighted by atomic mass is 9.98. The van der Waals surface area contributed by atoms with E-state index in [0.29, 0.717) is 19.4 Å². The van der Waals surface area contributed by atoms with Crippen molar-refractivity contribution in [1.29, 1.82) is 0 Å². The summed E-state index contributed by atoms with van der Waals surface area (Å²) in [5.74, 6) is -0.653. The highest BCUT2D eigenvalue weighted by atomic mass is 16.2. The summed E-state index contributed by atoms with van der Waals surface area (Å²) in [6.07, 6.45) is 1.13. The normalized spacial score (nSPS) is 13.5. The van der Waals surface area contributed by atoms with Gasteiger partial charge in [-0.2, -0.15) is 0 Å². The van der Waals surface area contributed by atoms with Gasteiger partial charge in [0.05, 0.1) is 12.1 Å². The van der Waals surface area contributed by atoms with E-state index < -0.39 is 6.04 Å². The smallest absolute Gasteiger partial charge is 0.246 e. The quantitative estimate of drug-likeness (QED) is 0.852. The fourth-order valence-electron chi connectivity index (χ4n) is 3.01. The summed E-state index contributed by atoms with van der Waals surface area (Å²) in [5, 5.41) is 2.10. The van der Waals surface area contributed by atoms with Crippen LogP contribution in [0.4, 0.5) is 0 Å². The number of amides is 2. The molecule has 0 aliphatic heterocycles. The van der Waals surface area contributed by atoms with Crippen molar-refractivity contribution in [2.75, 3.05) is 6.54 Å². The molecule has 2 unspecified atom stereocenters. The summed E-state index contributed by atoms with van der Waals surface area (Å²) in [6.45, 7) is 3.73. The molecule has 2 aromatic rings. The second kappa shape index (κ2) is 8.04. The number of carbonyl (C=O) groups is 2. The summed E-state index contributed by atoms with van der Waals surface area (Å²) >= 11 is 0. The third-order valence-corrected chi connectivity index (χ3v) is 4.27. The Labute approximate surface area is 142 Å². The van der Waals surface area contributed by atoms with Crippen molar-refractivity contribution in [1.82, 2.24) is 4.90 Å². The van der Waals surface area contributed by atoms with Crippen LogP contribution in [0.3, 0.4) is 0 Å². The van der Waals surface area contributed by atoms with E-state index in [0.717, 1.165) is 16.3 Å². The van der Waals surface area contributed by atoms with Crippen LogP contribution in [0.25, 0.3) is 10.8 Å². The SMILES string of the molecule is CC(=O)N(C(=O)C(N)CCCN)C(C)c1cccc2ccccc12. The van der Waals surface area contributed by atoms with Crippen LogP contribution in [0, 0.1) is 0 Å². The zero-order valence-electron chi connectivity index (χ0n) is 14.2. The van der Waals surface area contributed by atoms with Gasteiger partial charge in [-0.25, -0.2) is 0 Å². The summed E-state index contributed by atoms with van der Waals surface area (Å²) in [7, 11) is 0. The molecule has 0 aromatic heterocycles. The number of rotatable bonds is 6. The largest absolute Gasteiger partial charge is 0.330 e. The molecule has 0 saturated carbocycles.